The molecule has 1 aromatic heterocycles. The summed E-state index contributed by atoms with van der Waals surface area (Å²) in [5.74, 6) is 0.858. The van der Waals surface area contributed by atoms with Crippen molar-refractivity contribution in [1.82, 2.24) is 15.2 Å². The lowest BCUT2D eigenvalue weighted by atomic mass is 10.1. The Balaban J connectivity index is 1.76. The van der Waals surface area contributed by atoms with E-state index in [9.17, 15) is 4.79 Å². The number of methoxy groups -OCH3 is 1. The first kappa shape index (κ1) is 15.2. The molecule has 0 amide bonds. The van der Waals surface area contributed by atoms with E-state index in [1.54, 1.807) is 24.4 Å². The highest BCUT2D eigenvalue weighted by Gasteiger charge is 2.13. The van der Waals surface area contributed by atoms with Crippen molar-refractivity contribution in [1.29, 1.82) is 0 Å². The van der Waals surface area contributed by atoms with Crippen LogP contribution in [0.3, 0.4) is 0 Å². The van der Waals surface area contributed by atoms with Crippen molar-refractivity contribution in [2.45, 2.75) is 19.3 Å². The molecule has 1 saturated heterocycles. The van der Waals surface area contributed by atoms with Gasteiger partial charge in [0, 0.05) is 18.8 Å². The molecule has 1 aromatic carbocycles. The van der Waals surface area contributed by atoms with E-state index in [2.05, 4.69) is 25.4 Å². The van der Waals surface area contributed by atoms with E-state index in [0.29, 0.717) is 17.2 Å². The van der Waals surface area contributed by atoms with Crippen LogP contribution in [0.25, 0.3) is 0 Å². The summed E-state index contributed by atoms with van der Waals surface area (Å²) in [6.45, 7) is 1.99. The second kappa shape index (κ2) is 7.04. The quantitative estimate of drug-likeness (QED) is 0.868. The molecule has 2 heterocycles. The monoisotopic (exact) mass is 313 g/mol. The molecule has 0 saturated carbocycles. The predicted molar refractivity (Wildman–Crippen MR) is 87.0 cm³/mol. The molecule has 0 spiro atoms. The third-order valence-electron chi connectivity index (χ3n) is 3.77. The lowest BCUT2D eigenvalue weighted by molar-refractivity contribution is 0.0601. The number of nitrogens with one attached hydrogen (secondary N) is 1. The highest BCUT2D eigenvalue weighted by molar-refractivity contribution is 5.90. The van der Waals surface area contributed by atoms with Crippen molar-refractivity contribution in [3.63, 3.8) is 0 Å². The Bertz CT molecular complexity index is 686. The maximum atomic E-state index is 11.6. The summed E-state index contributed by atoms with van der Waals surface area (Å²) >= 11 is 0. The van der Waals surface area contributed by atoms with Crippen LogP contribution in [-0.4, -0.2) is 41.3 Å². The number of esters is 1. The van der Waals surface area contributed by atoms with Crippen LogP contribution in [0.5, 0.6) is 0 Å². The van der Waals surface area contributed by atoms with Crippen LogP contribution < -0.4 is 10.2 Å². The molecule has 23 heavy (non-hydrogen) atoms. The number of benzene rings is 1. The van der Waals surface area contributed by atoms with E-state index < -0.39 is 0 Å². The van der Waals surface area contributed by atoms with Gasteiger partial charge in [0.2, 0.25) is 5.95 Å². The van der Waals surface area contributed by atoms with E-state index in [1.807, 2.05) is 6.07 Å². The molecule has 3 rings (SSSR count). The number of rotatable bonds is 4. The number of ether oxygens (including phenoxy) is 1. The third-order valence-corrected chi connectivity index (χ3v) is 3.77. The van der Waals surface area contributed by atoms with Crippen LogP contribution in [-0.2, 0) is 4.74 Å². The molecule has 1 fully saturated rings. The van der Waals surface area contributed by atoms with Gasteiger partial charge in [-0.2, -0.15) is 10.1 Å². The first-order valence-electron chi connectivity index (χ1n) is 7.66. The summed E-state index contributed by atoms with van der Waals surface area (Å²) in [5.41, 5.74) is 1.18. The van der Waals surface area contributed by atoms with Crippen LogP contribution >= 0.6 is 0 Å². The topological polar surface area (TPSA) is 80.2 Å². The SMILES string of the molecule is COC(=O)c1cccc(Nc2nncc(N3CCCCC3)n2)c1. The van der Waals surface area contributed by atoms with Gasteiger partial charge in [-0.25, -0.2) is 4.79 Å². The zero-order chi connectivity index (χ0) is 16.1. The van der Waals surface area contributed by atoms with Gasteiger partial charge in [-0.15, -0.1) is 5.10 Å². The zero-order valence-electron chi connectivity index (χ0n) is 13.0. The minimum atomic E-state index is -0.380. The fourth-order valence-electron chi connectivity index (χ4n) is 2.59. The lowest BCUT2D eigenvalue weighted by Gasteiger charge is -2.27. The number of anilines is 3. The van der Waals surface area contributed by atoms with Gasteiger partial charge < -0.3 is 15.0 Å². The molecule has 0 radical (unpaired) electrons. The Kier molecular flexibility index (Phi) is 4.65. The van der Waals surface area contributed by atoms with Crippen LogP contribution in [0.15, 0.2) is 30.5 Å². The van der Waals surface area contributed by atoms with Crippen LogP contribution in [0.2, 0.25) is 0 Å². The summed E-state index contributed by atoms with van der Waals surface area (Å²) in [7, 11) is 1.36. The van der Waals surface area contributed by atoms with Crippen molar-refractivity contribution in [3.05, 3.63) is 36.0 Å². The summed E-state index contributed by atoms with van der Waals surface area (Å²) in [4.78, 5) is 18.3. The second-order valence-electron chi connectivity index (χ2n) is 5.38. The van der Waals surface area contributed by atoms with Gasteiger partial charge in [0.05, 0.1) is 18.9 Å². The Morgan fingerprint density at radius 1 is 1.26 bits per heavy atom. The molecule has 1 N–H and O–H groups in total. The average molecular weight is 313 g/mol. The molecule has 0 bridgehead atoms. The fourth-order valence-corrected chi connectivity index (χ4v) is 2.59. The zero-order valence-corrected chi connectivity index (χ0v) is 13.0. The van der Waals surface area contributed by atoms with Crippen molar-refractivity contribution in [2.75, 3.05) is 30.4 Å². The number of carbonyl (C=O) groups excluding carboxylic acids is 1. The van der Waals surface area contributed by atoms with E-state index >= 15 is 0 Å². The normalized spacial score (nSPS) is 14.4. The molecular weight excluding hydrogens is 294 g/mol. The second-order valence-corrected chi connectivity index (χ2v) is 5.38. The molecule has 0 aliphatic carbocycles. The first-order valence-corrected chi connectivity index (χ1v) is 7.66. The number of nitrogens with zero attached hydrogens (tertiary/aromatic N) is 4. The van der Waals surface area contributed by atoms with E-state index in [1.165, 1.54) is 26.4 Å². The van der Waals surface area contributed by atoms with E-state index in [4.69, 9.17) is 4.74 Å². The Labute approximate surface area is 134 Å². The summed E-state index contributed by atoms with van der Waals surface area (Å²) < 4.78 is 4.72. The van der Waals surface area contributed by atoms with Gasteiger partial charge in [0.15, 0.2) is 5.82 Å². The summed E-state index contributed by atoms with van der Waals surface area (Å²) in [5, 5.41) is 11.1. The first-order chi connectivity index (χ1) is 11.3. The maximum Gasteiger partial charge on any atom is 0.337 e. The molecule has 1 aliphatic rings. The number of carbonyl (C=O) groups is 1. The molecule has 1 aliphatic heterocycles. The van der Waals surface area contributed by atoms with Crippen molar-refractivity contribution in [3.8, 4) is 0 Å². The standard InChI is InChI=1S/C16H19N5O2/c1-23-15(22)12-6-5-7-13(10-12)18-16-19-14(11-17-20-16)21-8-3-2-4-9-21/h5-7,10-11H,2-4,8-9H2,1H3,(H,18,19,20). The number of hydrogen-bond donors (Lipinski definition) is 1. The van der Waals surface area contributed by atoms with Crippen molar-refractivity contribution in [2.24, 2.45) is 0 Å². The molecule has 0 unspecified atom stereocenters. The van der Waals surface area contributed by atoms with E-state index in [0.717, 1.165) is 18.9 Å². The highest BCUT2D eigenvalue weighted by atomic mass is 16.5. The van der Waals surface area contributed by atoms with Crippen LogP contribution in [0.1, 0.15) is 29.6 Å². The van der Waals surface area contributed by atoms with Gasteiger partial charge in [-0.05, 0) is 37.5 Å². The molecule has 7 nitrogen and oxygen atoms in total. The van der Waals surface area contributed by atoms with Gasteiger partial charge >= 0.3 is 5.97 Å². The summed E-state index contributed by atoms with van der Waals surface area (Å²) in [6, 6.07) is 7.00. The average Bonchev–Trinajstić information content (AvgIpc) is 2.62. The van der Waals surface area contributed by atoms with Crippen molar-refractivity contribution >= 4 is 23.4 Å². The number of hydrogen-bond acceptors (Lipinski definition) is 7. The fraction of sp³-hybridized carbons (Fsp3) is 0.375. The molecule has 2 aromatic rings. The van der Waals surface area contributed by atoms with Gasteiger partial charge in [-0.1, -0.05) is 6.07 Å². The minimum absolute atomic E-state index is 0.380. The molecule has 7 heteroatoms. The molecular formula is C16H19N5O2. The Hall–Kier alpha value is -2.70. The smallest absolute Gasteiger partial charge is 0.337 e. The minimum Gasteiger partial charge on any atom is -0.465 e. The molecule has 120 valence electrons. The molecule has 0 atom stereocenters. The number of piperidine rings is 1. The largest absolute Gasteiger partial charge is 0.465 e. The van der Waals surface area contributed by atoms with Gasteiger partial charge in [0.25, 0.3) is 0 Å². The Morgan fingerprint density at radius 2 is 2.09 bits per heavy atom. The van der Waals surface area contributed by atoms with Gasteiger partial charge in [0.1, 0.15) is 0 Å². The Morgan fingerprint density at radius 3 is 2.87 bits per heavy atom. The summed E-state index contributed by atoms with van der Waals surface area (Å²) in [6.07, 6.45) is 5.30. The third kappa shape index (κ3) is 3.74. The predicted octanol–water partition coefficient (Wildman–Crippen LogP) is 2.39. The lowest BCUT2D eigenvalue weighted by Crippen LogP contribution is -2.30. The van der Waals surface area contributed by atoms with Crippen molar-refractivity contribution < 1.29 is 9.53 Å². The van der Waals surface area contributed by atoms with Crippen LogP contribution in [0.4, 0.5) is 17.5 Å². The highest BCUT2D eigenvalue weighted by Crippen LogP contribution is 2.19. The number of aromatic nitrogens is 3. The van der Waals surface area contributed by atoms with Crippen LogP contribution in [0, 0.1) is 0 Å². The van der Waals surface area contributed by atoms with E-state index in [-0.39, 0.29) is 5.97 Å². The maximum absolute atomic E-state index is 11.6. The van der Waals surface area contributed by atoms with Gasteiger partial charge in [-0.3, -0.25) is 0 Å².